The summed E-state index contributed by atoms with van der Waals surface area (Å²) >= 11 is 0. The van der Waals surface area contributed by atoms with Crippen molar-refractivity contribution < 1.29 is 9.69 Å². The molecule has 1 amide bonds. The molecule has 1 aliphatic rings. The number of amides is 1. The highest BCUT2D eigenvalue weighted by Crippen LogP contribution is 2.21. The van der Waals surface area contributed by atoms with Gasteiger partial charge in [-0.15, -0.1) is 0 Å². The molecule has 4 nitrogen and oxygen atoms in total. The summed E-state index contributed by atoms with van der Waals surface area (Å²) in [6.45, 7) is 7.23. The first-order valence-electron chi connectivity index (χ1n) is 10.1. The molecule has 1 saturated heterocycles. The molecule has 0 spiro atoms. The van der Waals surface area contributed by atoms with Gasteiger partial charge in [0, 0.05) is 30.0 Å². The van der Waals surface area contributed by atoms with Crippen molar-refractivity contribution in [3.05, 3.63) is 59.7 Å². The molecule has 0 aromatic heterocycles. The summed E-state index contributed by atoms with van der Waals surface area (Å²) in [5.74, 6) is 0.0619. The Balaban J connectivity index is 1.56. The molecule has 1 heterocycles. The van der Waals surface area contributed by atoms with Crippen molar-refractivity contribution in [2.45, 2.75) is 45.7 Å². The van der Waals surface area contributed by atoms with Crippen LogP contribution < -0.4 is 15.1 Å². The molecule has 3 rings (SSSR count). The van der Waals surface area contributed by atoms with Crippen molar-refractivity contribution in [1.29, 1.82) is 0 Å². The standard InChI is InChI=1S/C23H31N3O/c1-18-9-5-6-10-20(18)17-25(3)19(2)23(27)24-21-11-13-22(14-12-21)26-15-7-4-8-16-26/h5-6,9-14,19H,4,7-8,15-17H2,1-3H3,(H,24,27)/p+1/t19-/m0/s1. The summed E-state index contributed by atoms with van der Waals surface area (Å²) in [7, 11) is 2.08. The number of nitrogens with one attached hydrogen (secondary N) is 2. The number of hydrogen-bond donors (Lipinski definition) is 2. The predicted molar refractivity (Wildman–Crippen MR) is 112 cm³/mol. The highest BCUT2D eigenvalue weighted by atomic mass is 16.2. The van der Waals surface area contributed by atoms with Crippen LogP contribution in [0.15, 0.2) is 48.5 Å². The van der Waals surface area contributed by atoms with Crippen LogP contribution in [0.2, 0.25) is 0 Å². The number of hydrogen-bond acceptors (Lipinski definition) is 2. The van der Waals surface area contributed by atoms with Gasteiger partial charge < -0.3 is 15.1 Å². The number of benzene rings is 2. The average Bonchev–Trinajstić information content (AvgIpc) is 2.70. The van der Waals surface area contributed by atoms with Crippen LogP contribution in [-0.2, 0) is 11.3 Å². The van der Waals surface area contributed by atoms with Crippen LogP contribution in [0.1, 0.15) is 37.3 Å². The van der Waals surface area contributed by atoms with Gasteiger partial charge in [-0.1, -0.05) is 24.3 Å². The maximum Gasteiger partial charge on any atom is 0.282 e. The first-order valence-corrected chi connectivity index (χ1v) is 10.1. The Bertz CT molecular complexity index is 750. The number of likely N-dealkylation sites (N-methyl/N-ethyl adjacent to an activating group) is 1. The molecular formula is C23H32N3O+. The van der Waals surface area contributed by atoms with Crippen molar-refractivity contribution in [2.75, 3.05) is 30.4 Å². The quantitative estimate of drug-likeness (QED) is 0.825. The fourth-order valence-corrected chi connectivity index (χ4v) is 3.64. The second-order valence-corrected chi connectivity index (χ2v) is 7.76. The van der Waals surface area contributed by atoms with E-state index < -0.39 is 0 Å². The number of carbonyl (C=O) groups is 1. The predicted octanol–water partition coefficient (Wildman–Crippen LogP) is 3.03. The molecule has 27 heavy (non-hydrogen) atoms. The zero-order chi connectivity index (χ0) is 19.2. The van der Waals surface area contributed by atoms with E-state index in [2.05, 4.69) is 60.6 Å². The molecule has 0 aliphatic carbocycles. The summed E-state index contributed by atoms with van der Waals surface area (Å²) in [5, 5.41) is 3.07. The van der Waals surface area contributed by atoms with Crippen LogP contribution >= 0.6 is 0 Å². The molecule has 0 saturated carbocycles. The summed E-state index contributed by atoms with van der Waals surface area (Å²) in [5.41, 5.74) is 4.69. The number of rotatable bonds is 6. The molecular weight excluding hydrogens is 334 g/mol. The lowest BCUT2D eigenvalue weighted by Gasteiger charge is -2.29. The Morgan fingerprint density at radius 3 is 2.41 bits per heavy atom. The Morgan fingerprint density at radius 1 is 1.07 bits per heavy atom. The summed E-state index contributed by atoms with van der Waals surface area (Å²) in [4.78, 5) is 16.3. The Kier molecular flexibility index (Phi) is 6.51. The molecule has 2 aromatic rings. The van der Waals surface area contributed by atoms with Gasteiger partial charge in [-0.25, -0.2) is 0 Å². The SMILES string of the molecule is Cc1ccccc1C[NH+](C)[C@@H](C)C(=O)Nc1ccc(N2CCCCC2)cc1. The Hall–Kier alpha value is -2.33. The zero-order valence-corrected chi connectivity index (χ0v) is 16.8. The maximum atomic E-state index is 12.7. The first-order chi connectivity index (χ1) is 13.0. The number of quaternary nitrogens is 1. The van der Waals surface area contributed by atoms with Gasteiger partial charge in [-0.3, -0.25) is 4.79 Å². The van der Waals surface area contributed by atoms with E-state index in [0.29, 0.717) is 0 Å². The first kappa shape index (κ1) is 19.4. The van der Waals surface area contributed by atoms with E-state index in [1.165, 1.54) is 41.0 Å². The molecule has 4 heteroatoms. The molecule has 2 atom stereocenters. The van der Waals surface area contributed by atoms with Gasteiger partial charge in [0.05, 0.1) is 7.05 Å². The van der Waals surface area contributed by atoms with Gasteiger partial charge >= 0.3 is 0 Å². The molecule has 2 aromatic carbocycles. The van der Waals surface area contributed by atoms with Crippen LogP contribution in [0, 0.1) is 6.92 Å². The molecule has 1 aliphatic heterocycles. The molecule has 0 radical (unpaired) electrons. The van der Waals surface area contributed by atoms with E-state index in [0.717, 1.165) is 25.3 Å². The third-order valence-corrected chi connectivity index (χ3v) is 5.72. The monoisotopic (exact) mass is 366 g/mol. The lowest BCUT2D eigenvalue weighted by atomic mass is 10.1. The molecule has 144 valence electrons. The largest absolute Gasteiger partial charge is 0.372 e. The highest BCUT2D eigenvalue weighted by Gasteiger charge is 2.22. The van der Waals surface area contributed by atoms with Crippen molar-refractivity contribution in [3.8, 4) is 0 Å². The van der Waals surface area contributed by atoms with Gasteiger partial charge in [-0.05, 0) is 62.9 Å². The minimum Gasteiger partial charge on any atom is -0.372 e. The summed E-state index contributed by atoms with van der Waals surface area (Å²) in [6.07, 6.45) is 3.87. The van der Waals surface area contributed by atoms with E-state index in [-0.39, 0.29) is 11.9 Å². The number of piperidine rings is 1. The third-order valence-electron chi connectivity index (χ3n) is 5.72. The van der Waals surface area contributed by atoms with Gasteiger partial charge in [-0.2, -0.15) is 0 Å². The molecule has 1 fully saturated rings. The summed E-state index contributed by atoms with van der Waals surface area (Å²) < 4.78 is 0. The minimum atomic E-state index is -0.119. The topological polar surface area (TPSA) is 36.8 Å². The maximum absolute atomic E-state index is 12.7. The Labute approximate surface area is 163 Å². The second-order valence-electron chi connectivity index (χ2n) is 7.76. The van der Waals surface area contributed by atoms with Gasteiger partial charge in [0.2, 0.25) is 0 Å². The van der Waals surface area contributed by atoms with Crippen LogP contribution in [0.5, 0.6) is 0 Å². The highest BCUT2D eigenvalue weighted by molar-refractivity contribution is 5.93. The van der Waals surface area contributed by atoms with Crippen molar-refractivity contribution in [1.82, 2.24) is 0 Å². The number of anilines is 2. The van der Waals surface area contributed by atoms with Crippen LogP contribution in [0.25, 0.3) is 0 Å². The van der Waals surface area contributed by atoms with Gasteiger partial charge in [0.1, 0.15) is 6.54 Å². The Morgan fingerprint density at radius 2 is 1.74 bits per heavy atom. The van der Waals surface area contributed by atoms with E-state index in [9.17, 15) is 4.79 Å². The second kappa shape index (κ2) is 9.05. The van der Waals surface area contributed by atoms with Crippen LogP contribution in [0.4, 0.5) is 11.4 Å². The molecule has 1 unspecified atom stereocenters. The smallest absolute Gasteiger partial charge is 0.282 e. The zero-order valence-electron chi connectivity index (χ0n) is 16.8. The van der Waals surface area contributed by atoms with E-state index in [1.54, 1.807) is 0 Å². The molecule has 0 bridgehead atoms. The number of carbonyl (C=O) groups excluding carboxylic acids is 1. The van der Waals surface area contributed by atoms with E-state index in [1.807, 2.05) is 19.1 Å². The molecule has 2 N–H and O–H groups in total. The summed E-state index contributed by atoms with van der Waals surface area (Å²) in [6, 6.07) is 16.5. The number of nitrogens with zero attached hydrogens (tertiary/aromatic N) is 1. The lowest BCUT2D eigenvalue weighted by molar-refractivity contribution is -0.907. The van der Waals surface area contributed by atoms with Crippen molar-refractivity contribution in [2.24, 2.45) is 0 Å². The van der Waals surface area contributed by atoms with Crippen molar-refractivity contribution in [3.63, 3.8) is 0 Å². The van der Waals surface area contributed by atoms with Gasteiger partial charge in [0.15, 0.2) is 6.04 Å². The third kappa shape index (κ3) is 5.10. The minimum absolute atomic E-state index is 0.0619. The van der Waals surface area contributed by atoms with Gasteiger partial charge in [0.25, 0.3) is 5.91 Å². The number of aryl methyl sites for hydroxylation is 1. The lowest BCUT2D eigenvalue weighted by Crippen LogP contribution is -3.12. The van der Waals surface area contributed by atoms with E-state index in [4.69, 9.17) is 0 Å². The van der Waals surface area contributed by atoms with Crippen molar-refractivity contribution >= 4 is 17.3 Å². The normalized spacial score (nSPS) is 16.6. The fourth-order valence-electron chi connectivity index (χ4n) is 3.64. The van der Waals surface area contributed by atoms with E-state index >= 15 is 0 Å². The van der Waals surface area contributed by atoms with Crippen LogP contribution in [-0.4, -0.2) is 32.1 Å². The van der Waals surface area contributed by atoms with Crippen LogP contribution in [0.3, 0.4) is 0 Å². The fraction of sp³-hybridized carbons (Fsp3) is 0.435. The average molecular weight is 367 g/mol.